The van der Waals surface area contributed by atoms with Gasteiger partial charge < -0.3 is 5.32 Å². The van der Waals surface area contributed by atoms with E-state index in [0.717, 1.165) is 6.42 Å². The summed E-state index contributed by atoms with van der Waals surface area (Å²) >= 11 is 0. The maximum Gasteiger partial charge on any atom is 0.00642 e. The predicted molar refractivity (Wildman–Crippen MR) is 76.3 cm³/mol. The summed E-state index contributed by atoms with van der Waals surface area (Å²) in [6, 6.07) is 11.4. The van der Waals surface area contributed by atoms with Crippen molar-refractivity contribution in [1.82, 2.24) is 5.32 Å². The molecule has 94 valence electrons. The zero-order valence-electron chi connectivity index (χ0n) is 11.0. The third kappa shape index (κ3) is 6.28. The van der Waals surface area contributed by atoms with Gasteiger partial charge >= 0.3 is 0 Å². The van der Waals surface area contributed by atoms with E-state index >= 15 is 0 Å². The molecule has 1 aromatic rings. The summed E-state index contributed by atoms with van der Waals surface area (Å²) in [7, 11) is 2.07. The monoisotopic (exact) mass is 231 g/mol. The van der Waals surface area contributed by atoms with Crippen molar-refractivity contribution < 1.29 is 0 Å². The average molecular weight is 231 g/mol. The van der Waals surface area contributed by atoms with Gasteiger partial charge in [0.25, 0.3) is 0 Å². The molecule has 0 radical (unpaired) electrons. The quantitative estimate of drug-likeness (QED) is 0.501. The van der Waals surface area contributed by atoms with Gasteiger partial charge in [0.1, 0.15) is 0 Å². The number of aryl methyl sites for hydroxylation is 1. The van der Waals surface area contributed by atoms with E-state index in [1.54, 1.807) is 0 Å². The highest BCUT2D eigenvalue weighted by atomic mass is 14.9. The smallest absolute Gasteiger partial charge is 0.00642 e. The Hall–Kier alpha value is -1.08. The van der Waals surface area contributed by atoms with Crippen LogP contribution in [0.3, 0.4) is 0 Å². The lowest BCUT2D eigenvalue weighted by atomic mass is 10.0. The minimum Gasteiger partial charge on any atom is -0.317 e. The van der Waals surface area contributed by atoms with E-state index in [9.17, 15) is 0 Å². The van der Waals surface area contributed by atoms with Crippen LogP contribution >= 0.6 is 0 Å². The lowest BCUT2D eigenvalue weighted by Crippen LogP contribution is -2.25. The first kappa shape index (κ1) is 14.0. The minimum absolute atomic E-state index is 0.665. The van der Waals surface area contributed by atoms with Crippen LogP contribution in [0.15, 0.2) is 43.0 Å². The summed E-state index contributed by atoms with van der Waals surface area (Å²) in [6.45, 7) is 3.76. The molecule has 0 bridgehead atoms. The van der Waals surface area contributed by atoms with Crippen molar-refractivity contribution in [2.75, 3.05) is 7.05 Å². The molecule has 1 atom stereocenters. The Balaban J connectivity index is 2.17. The lowest BCUT2D eigenvalue weighted by molar-refractivity contribution is 0.463. The summed E-state index contributed by atoms with van der Waals surface area (Å²) in [5.41, 5.74) is 1.45. The van der Waals surface area contributed by atoms with E-state index in [0.29, 0.717) is 6.04 Å². The van der Waals surface area contributed by atoms with Crippen LogP contribution < -0.4 is 5.32 Å². The van der Waals surface area contributed by atoms with Crippen LogP contribution in [0, 0.1) is 0 Å². The minimum atomic E-state index is 0.665. The SMILES string of the molecule is C=CCCCC(CCCc1ccccc1)NC. The van der Waals surface area contributed by atoms with Gasteiger partial charge in [0.15, 0.2) is 0 Å². The molecule has 1 heteroatoms. The molecule has 1 N–H and O–H groups in total. The highest BCUT2D eigenvalue weighted by Gasteiger charge is 2.04. The van der Waals surface area contributed by atoms with Gasteiger partial charge in [0.05, 0.1) is 0 Å². The fraction of sp³-hybridized carbons (Fsp3) is 0.500. The third-order valence-corrected chi connectivity index (χ3v) is 3.23. The summed E-state index contributed by atoms with van der Waals surface area (Å²) in [6.07, 6.45) is 9.39. The Labute approximate surface area is 106 Å². The van der Waals surface area contributed by atoms with Gasteiger partial charge in [-0.1, -0.05) is 36.4 Å². The average Bonchev–Trinajstić information content (AvgIpc) is 2.38. The maximum absolute atomic E-state index is 3.76. The largest absolute Gasteiger partial charge is 0.317 e. The molecule has 0 fully saturated rings. The van der Waals surface area contributed by atoms with Crippen LogP contribution in [0.2, 0.25) is 0 Å². The van der Waals surface area contributed by atoms with Crippen molar-refractivity contribution in [1.29, 1.82) is 0 Å². The molecule has 1 rings (SSSR count). The van der Waals surface area contributed by atoms with E-state index in [4.69, 9.17) is 0 Å². The number of allylic oxidation sites excluding steroid dienone is 1. The molecule has 0 aliphatic rings. The third-order valence-electron chi connectivity index (χ3n) is 3.23. The maximum atomic E-state index is 3.76. The van der Waals surface area contributed by atoms with Crippen LogP contribution in [0.4, 0.5) is 0 Å². The fourth-order valence-corrected chi connectivity index (χ4v) is 2.14. The van der Waals surface area contributed by atoms with Gasteiger partial charge in [-0.25, -0.2) is 0 Å². The Morgan fingerprint density at radius 1 is 1.18 bits per heavy atom. The summed E-state index contributed by atoms with van der Waals surface area (Å²) in [5, 5.41) is 3.41. The Bertz CT molecular complexity index is 292. The normalized spacial score (nSPS) is 12.3. The standard InChI is InChI=1S/C16H25N/c1-3-4-6-13-16(17-2)14-9-12-15-10-7-5-8-11-15/h3,5,7-8,10-11,16-17H,1,4,6,9,12-14H2,2H3. The molecule has 1 unspecified atom stereocenters. The summed E-state index contributed by atoms with van der Waals surface area (Å²) in [5.74, 6) is 0. The van der Waals surface area contributed by atoms with Gasteiger partial charge in [-0.3, -0.25) is 0 Å². The van der Waals surface area contributed by atoms with Crippen LogP contribution in [-0.4, -0.2) is 13.1 Å². The van der Waals surface area contributed by atoms with E-state index in [1.807, 2.05) is 6.08 Å². The van der Waals surface area contributed by atoms with Crippen LogP contribution in [0.25, 0.3) is 0 Å². The predicted octanol–water partition coefficient (Wildman–Crippen LogP) is 3.95. The molecular weight excluding hydrogens is 206 g/mol. The molecule has 0 amide bonds. The van der Waals surface area contributed by atoms with Crippen LogP contribution in [-0.2, 0) is 6.42 Å². The van der Waals surface area contributed by atoms with Crippen LogP contribution in [0.5, 0.6) is 0 Å². The van der Waals surface area contributed by atoms with Crippen molar-refractivity contribution in [3.05, 3.63) is 48.6 Å². The molecule has 1 nitrogen and oxygen atoms in total. The molecule has 17 heavy (non-hydrogen) atoms. The Morgan fingerprint density at radius 3 is 2.53 bits per heavy atom. The fourth-order valence-electron chi connectivity index (χ4n) is 2.14. The molecule has 0 aliphatic heterocycles. The van der Waals surface area contributed by atoms with E-state index in [-0.39, 0.29) is 0 Å². The van der Waals surface area contributed by atoms with Crippen molar-refractivity contribution in [2.45, 2.75) is 44.6 Å². The van der Waals surface area contributed by atoms with Crippen LogP contribution in [0.1, 0.15) is 37.7 Å². The van der Waals surface area contributed by atoms with Crippen molar-refractivity contribution in [2.24, 2.45) is 0 Å². The topological polar surface area (TPSA) is 12.0 Å². The number of hydrogen-bond acceptors (Lipinski definition) is 1. The first-order chi connectivity index (χ1) is 8.36. The number of nitrogens with one attached hydrogen (secondary N) is 1. The van der Waals surface area contributed by atoms with Gasteiger partial charge in [-0.05, 0) is 51.1 Å². The molecule has 0 aromatic heterocycles. The molecule has 0 saturated heterocycles. The van der Waals surface area contributed by atoms with Gasteiger partial charge in [0, 0.05) is 6.04 Å². The number of hydrogen-bond donors (Lipinski definition) is 1. The zero-order chi connectivity index (χ0) is 12.3. The van der Waals surface area contributed by atoms with E-state index in [1.165, 1.54) is 37.7 Å². The molecule has 1 aromatic carbocycles. The van der Waals surface area contributed by atoms with Crippen molar-refractivity contribution >= 4 is 0 Å². The molecule has 0 heterocycles. The number of rotatable bonds is 9. The highest BCUT2D eigenvalue weighted by Crippen LogP contribution is 2.10. The van der Waals surface area contributed by atoms with Gasteiger partial charge in [0.2, 0.25) is 0 Å². The second-order valence-electron chi connectivity index (χ2n) is 4.58. The second kappa shape index (κ2) is 9.00. The molecule has 0 spiro atoms. The van der Waals surface area contributed by atoms with Gasteiger partial charge in [-0.15, -0.1) is 6.58 Å². The molecule has 0 saturated carbocycles. The Morgan fingerprint density at radius 2 is 1.88 bits per heavy atom. The lowest BCUT2D eigenvalue weighted by Gasteiger charge is -2.15. The second-order valence-corrected chi connectivity index (χ2v) is 4.58. The van der Waals surface area contributed by atoms with E-state index in [2.05, 4.69) is 49.3 Å². The zero-order valence-corrected chi connectivity index (χ0v) is 11.0. The molecule has 0 aliphatic carbocycles. The number of unbranched alkanes of at least 4 members (excludes halogenated alkanes) is 1. The summed E-state index contributed by atoms with van der Waals surface area (Å²) < 4.78 is 0. The van der Waals surface area contributed by atoms with Crippen molar-refractivity contribution in [3.63, 3.8) is 0 Å². The first-order valence-electron chi connectivity index (χ1n) is 6.69. The summed E-state index contributed by atoms with van der Waals surface area (Å²) in [4.78, 5) is 0. The van der Waals surface area contributed by atoms with Crippen molar-refractivity contribution in [3.8, 4) is 0 Å². The highest BCUT2D eigenvalue weighted by molar-refractivity contribution is 5.14. The van der Waals surface area contributed by atoms with Gasteiger partial charge in [-0.2, -0.15) is 0 Å². The first-order valence-corrected chi connectivity index (χ1v) is 6.69. The molecular formula is C16H25N. The van der Waals surface area contributed by atoms with E-state index < -0.39 is 0 Å². The number of benzene rings is 1. The Kier molecular flexibility index (Phi) is 7.40.